The van der Waals surface area contributed by atoms with Gasteiger partial charge in [0.25, 0.3) is 15.9 Å². The van der Waals surface area contributed by atoms with Crippen molar-refractivity contribution >= 4 is 39.2 Å². The number of sulfonamides is 1. The van der Waals surface area contributed by atoms with E-state index in [1.165, 1.54) is 24.6 Å². The smallest absolute Gasteiger partial charge is 0.317 e. The van der Waals surface area contributed by atoms with Crippen LogP contribution < -0.4 is 20.7 Å². The zero-order valence-electron chi connectivity index (χ0n) is 28.0. The molecule has 0 unspecified atom stereocenters. The molecule has 4 heterocycles. The lowest BCUT2D eigenvalue weighted by molar-refractivity contribution is 0.0981. The summed E-state index contributed by atoms with van der Waals surface area (Å²) < 4.78 is 28.8. The van der Waals surface area contributed by atoms with Gasteiger partial charge in [-0.2, -0.15) is 8.42 Å². The second-order valence-corrected chi connectivity index (χ2v) is 16.4. The largest absolute Gasteiger partial charge is 0.384 e. The molecule has 3 amide bonds. The van der Waals surface area contributed by atoms with Crippen molar-refractivity contribution in [3.63, 3.8) is 0 Å². The Bertz CT molecular complexity index is 1620. The van der Waals surface area contributed by atoms with Crippen LogP contribution >= 0.6 is 0 Å². The molecule has 2 aromatic heterocycles. The summed E-state index contributed by atoms with van der Waals surface area (Å²) in [5.74, 6) is 0.0698. The number of rotatable bonds is 6. The summed E-state index contributed by atoms with van der Waals surface area (Å²) in [5.41, 5.74) is 7.82. The lowest BCUT2D eigenvalue weighted by Crippen LogP contribution is -2.46. The number of carbonyl (C=O) groups is 2. The van der Waals surface area contributed by atoms with E-state index in [1.807, 2.05) is 11.0 Å². The van der Waals surface area contributed by atoms with Crippen LogP contribution in [0.5, 0.6) is 0 Å². The minimum Gasteiger partial charge on any atom is -0.384 e. The van der Waals surface area contributed by atoms with Crippen LogP contribution in [0.4, 0.5) is 16.4 Å². The van der Waals surface area contributed by atoms with E-state index >= 15 is 0 Å². The molecule has 2 fully saturated rings. The van der Waals surface area contributed by atoms with Gasteiger partial charge in [0.15, 0.2) is 5.03 Å². The number of nitrogens with zero attached hydrogens (tertiary/aromatic N) is 4. The van der Waals surface area contributed by atoms with Gasteiger partial charge in [0.1, 0.15) is 11.6 Å². The van der Waals surface area contributed by atoms with Gasteiger partial charge in [-0.15, -0.1) is 0 Å². The number of nitrogens with one attached hydrogen (secondary N) is 2. The van der Waals surface area contributed by atoms with Gasteiger partial charge in [0, 0.05) is 42.2 Å². The van der Waals surface area contributed by atoms with Crippen molar-refractivity contribution < 1.29 is 18.0 Å². The minimum absolute atomic E-state index is 0.0352. The Morgan fingerprint density at radius 1 is 1.09 bits per heavy atom. The highest BCUT2D eigenvalue weighted by atomic mass is 32.2. The van der Waals surface area contributed by atoms with Crippen LogP contribution in [0.25, 0.3) is 5.57 Å². The summed E-state index contributed by atoms with van der Waals surface area (Å²) >= 11 is 0. The van der Waals surface area contributed by atoms with E-state index in [0.29, 0.717) is 37.8 Å². The van der Waals surface area contributed by atoms with Crippen molar-refractivity contribution in [3.8, 4) is 0 Å². The topological polar surface area (TPSA) is 151 Å². The third-order valence-electron chi connectivity index (χ3n) is 9.31. The molecule has 1 saturated carbocycles. The number of nitrogens with two attached hydrogens (primary N) is 1. The fraction of sp³-hybridized carbons (Fsp3) is 0.588. The normalized spacial score (nSPS) is 20.7. The van der Waals surface area contributed by atoms with Gasteiger partial charge in [0.2, 0.25) is 0 Å². The fourth-order valence-corrected chi connectivity index (χ4v) is 8.02. The number of nitrogen functional groups attached to an aromatic ring is 1. The molecule has 3 aliphatic rings. The number of amides is 3. The highest BCUT2D eigenvalue weighted by molar-refractivity contribution is 7.90. The Labute approximate surface area is 273 Å². The van der Waals surface area contributed by atoms with E-state index in [0.717, 1.165) is 48.9 Å². The predicted octanol–water partition coefficient (Wildman–Crippen LogP) is 5.23. The van der Waals surface area contributed by atoms with E-state index in [4.69, 9.17) is 10.7 Å². The number of anilines is 2. The van der Waals surface area contributed by atoms with Gasteiger partial charge >= 0.3 is 6.03 Å². The van der Waals surface area contributed by atoms with E-state index in [9.17, 15) is 18.0 Å². The standard InChI is InChI=1S/C34H49N7O4S/c1-22-20-34(5,6)41(21-22)30-26(31(42)39-46(44,45)28-14-10-13-27(35)37-28)19-25(29(38-30)33(2,3)4)23-15-17-40(18-16-23)32(43)36-24-11-8-7-9-12-24/h10,13-15,19,22,24H,7-9,11-12,16-18,20-21H2,1-6H3,(H2,35,37)(H,36,43)(H,39,42)/t22-/m0/s1. The lowest BCUT2D eigenvalue weighted by Gasteiger charge is -2.36. The summed E-state index contributed by atoms with van der Waals surface area (Å²) in [6.07, 6.45) is 9.08. The maximum atomic E-state index is 14.0. The first-order valence-electron chi connectivity index (χ1n) is 16.4. The number of hydrogen-bond acceptors (Lipinski definition) is 8. The monoisotopic (exact) mass is 651 g/mol. The van der Waals surface area contributed by atoms with Crippen LogP contribution in [-0.2, 0) is 15.4 Å². The molecule has 0 radical (unpaired) electrons. The molecule has 46 heavy (non-hydrogen) atoms. The molecule has 0 spiro atoms. The van der Waals surface area contributed by atoms with Gasteiger partial charge in [0.05, 0.1) is 11.3 Å². The van der Waals surface area contributed by atoms with Gasteiger partial charge in [-0.1, -0.05) is 59.1 Å². The number of pyridine rings is 2. The van der Waals surface area contributed by atoms with Gasteiger partial charge in [-0.05, 0) is 69.2 Å². The van der Waals surface area contributed by atoms with Crippen LogP contribution in [0, 0.1) is 5.92 Å². The van der Waals surface area contributed by atoms with Crippen LogP contribution in [0.15, 0.2) is 35.4 Å². The molecule has 0 aromatic carbocycles. The van der Waals surface area contributed by atoms with Gasteiger partial charge in [-0.3, -0.25) is 4.79 Å². The highest BCUT2D eigenvalue weighted by Crippen LogP contribution is 2.41. The Balaban J connectivity index is 1.53. The third kappa shape index (κ3) is 7.32. The van der Waals surface area contributed by atoms with Crippen molar-refractivity contribution in [2.24, 2.45) is 5.92 Å². The van der Waals surface area contributed by atoms with Crippen molar-refractivity contribution in [2.75, 3.05) is 30.3 Å². The van der Waals surface area contributed by atoms with E-state index < -0.39 is 15.9 Å². The number of urea groups is 1. The third-order valence-corrected chi connectivity index (χ3v) is 10.5. The maximum Gasteiger partial charge on any atom is 0.317 e. The highest BCUT2D eigenvalue weighted by Gasteiger charge is 2.40. The van der Waals surface area contributed by atoms with Crippen molar-refractivity contribution in [1.29, 1.82) is 0 Å². The Morgan fingerprint density at radius 2 is 1.80 bits per heavy atom. The zero-order valence-corrected chi connectivity index (χ0v) is 28.8. The Hall–Kier alpha value is -3.67. The molecule has 12 heteroatoms. The zero-order chi connectivity index (χ0) is 33.4. The van der Waals surface area contributed by atoms with E-state index in [-0.39, 0.29) is 39.4 Å². The predicted molar refractivity (Wildman–Crippen MR) is 181 cm³/mol. The summed E-state index contributed by atoms with van der Waals surface area (Å²) in [6, 6.07) is 6.24. The number of carbonyl (C=O) groups excluding carboxylic acids is 2. The average Bonchev–Trinajstić information content (AvgIpc) is 3.27. The molecule has 2 aromatic rings. The van der Waals surface area contributed by atoms with Crippen molar-refractivity contribution in [1.82, 2.24) is 24.9 Å². The first-order valence-corrected chi connectivity index (χ1v) is 17.9. The quantitative estimate of drug-likeness (QED) is 0.384. The molecule has 5 rings (SSSR count). The number of hydrogen-bond donors (Lipinski definition) is 3. The molecular weight excluding hydrogens is 602 g/mol. The first-order chi connectivity index (χ1) is 21.5. The van der Waals surface area contributed by atoms with Crippen molar-refractivity contribution in [2.45, 2.75) is 109 Å². The van der Waals surface area contributed by atoms with Crippen LogP contribution in [0.1, 0.15) is 108 Å². The summed E-state index contributed by atoms with van der Waals surface area (Å²) in [5, 5.41) is 2.87. The molecular formula is C34H49N7O4S. The molecule has 4 N–H and O–H groups in total. The lowest BCUT2D eigenvalue weighted by atomic mass is 9.83. The first kappa shape index (κ1) is 33.7. The molecule has 1 aliphatic carbocycles. The second kappa shape index (κ2) is 12.8. The van der Waals surface area contributed by atoms with Crippen molar-refractivity contribution in [3.05, 3.63) is 47.2 Å². The molecule has 1 saturated heterocycles. The van der Waals surface area contributed by atoms with Crippen LogP contribution in [0.3, 0.4) is 0 Å². The molecule has 11 nitrogen and oxygen atoms in total. The summed E-state index contributed by atoms with van der Waals surface area (Å²) in [6.45, 7) is 14.3. The molecule has 0 bridgehead atoms. The SMILES string of the molecule is C[C@@H]1CN(c2nc(C(C)(C)C)c(C3=CCN(C(=O)NC4CCCCC4)CC3)cc2C(=O)NS(=O)(=O)c2cccc(N)n2)C(C)(C)C1. The van der Waals surface area contributed by atoms with E-state index in [2.05, 4.69) is 61.5 Å². The van der Waals surface area contributed by atoms with Crippen LogP contribution in [0.2, 0.25) is 0 Å². The van der Waals surface area contributed by atoms with Gasteiger partial charge in [-0.25, -0.2) is 19.5 Å². The number of aromatic nitrogens is 2. The maximum absolute atomic E-state index is 14.0. The Morgan fingerprint density at radius 3 is 2.39 bits per heavy atom. The summed E-state index contributed by atoms with van der Waals surface area (Å²) in [4.78, 5) is 40.2. The summed E-state index contributed by atoms with van der Waals surface area (Å²) in [7, 11) is -4.32. The Kier molecular flexibility index (Phi) is 9.41. The second-order valence-electron chi connectivity index (χ2n) is 14.8. The van der Waals surface area contributed by atoms with Crippen LogP contribution in [-0.4, -0.2) is 66.4 Å². The van der Waals surface area contributed by atoms with Gasteiger partial charge < -0.3 is 20.9 Å². The molecule has 1 atom stereocenters. The van der Waals surface area contributed by atoms with E-state index in [1.54, 1.807) is 6.07 Å². The molecule has 2 aliphatic heterocycles. The fourth-order valence-electron chi connectivity index (χ4n) is 7.07. The average molecular weight is 652 g/mol. The molecule has 250 valence electrons. The minimum atomic E-state index is -4.32.